The number of hydrogen-bond donors (Lipinski definition) is 0. The highest BCUT2D eigenvalue weighted by Gasteiger charge is 2.54. The van der Waals surface area contributed by atoms with E-state index in [1.165, 1.54) is 0 Å². The van der Waals surface area contributed by atoms with Crippen molar-refractivity contribution in [2.75, 3.05) is 20.8 Å². The van der Waals surface area contributed by atoms with E-state index in [-0.39, 0.29) is 0 Å². The predicted molar refractivity (Wildman–Crippen MR) is 83.4 cm³/mol. The third-order valence-corrected chi connectivity index (χ3v) is 3.91. The van der Waals surface area contributed by atoms with Crippen LogP contribution in [0.25, 0.3) is 0 Å². The molecule has 2 aromatic rings. The molecule has 1 heterocycles. The summed E-state index contributed by atoms with van der Waals surface area (Å²) in [5, 5.41) is 0.681. The molecule has 1 unspecified atom stereocenters. The Kier molecular flexibility index (Phi) is 4.36. The molecule has 0 aromatic heterocycles. The van der Waals surface area contributed by atoms with Gasteiger partial charge in [-0.15, -0.1) is 0 Å². The molecule has 4 nitrogen and oxygen atoms in total. The second-order valence-corrected chi connectivity index (χ2v) is 5.50. The largest absolute Gasteiger partial charge is 0.457 e. The van der Waals surface area contributed by atoms with Gasteiger partial charge in [-0.2, -0.15) is 0 Å². The number of hydrogen-bond acceptors (Lipinski definition) is 4. The van der Waals surface area contributed by atoms with E-state index >= 15 is 0 Å². The Labute approximate surface area is 134 Å². The standard InChI is InChI=1S/C17H17ClO4/c1-19-16(20-2)17(11-21-17)12-3-7-14(8-4-12)22-15-9-5-13(18)6-10-15/h3-10,16H,11H2,1-2H3. The third-order valence-electron chi connectivity index (χ3n) is 3.66. The van der Waals surface area contributed by atoms with E-state index in [1.807, 2.05) is 36.4 Å². The fraction of sp³-hybridized carbons (Fsp3) is 0.294. The molecule has 1 fully saturated rings. The molecule has 0 saturated carbocycles. The smallest absolute Gasteiger partial charge is 0.192 e. The SMILES string of the molecule is COC(OC)C1(c2ccc(Oc3ccc(Cl)cc3)cc2)CO1. The molecule has 0 aliphatic carbocycles. The molecule has 1 aliphatic heterocycles. The molecule has 2 aromatic carbocycles. The van der Waals surface area contributed by atoms with Gasteiger partial charge in [0, 0.05) is 19.2 Å². The lowest BCUT2D eigenvalue weighted by molar-refractivity contribution is -0.148. The maximum absolute atomic E-state index is 5.86. The Morgan fingerprint density at radius 1 is 0.955 bits per heavy atom. The predicted octanol–water partition coefficient (Wildman–Crippen LogP) is 3.98. The van der Waals surface area contributed by atoms with Crippen LogP contribution in [0.1, 0.15) is 5.56 Å². The van der Waals surface area contributed by atoms with Crippen molar-refractivity contribution in [2.45, 2.75) is 11.9 Å². The Morgan fingerprint density at radius 2 is 1.45 bits per heavy atom. The minimum absolute atomic E-state index is 0.421. The van der Waals surface area contributed by atoms with Gasteiger partial charge in [-0.05, 0) is 42.0 Å². The number of epoxide rings is 1. The van der Waals surface area contributed by atoms with Gasteiger partial charge in [-0.25, -0.2) is 0 Å². The van der Waals surface area contributed by atoms with Crippen LogP contribution < -0.4 is 4.74 Å². The van der Waals surface area contributed by atoms with Crippen LogP contribution in [0.5, 0.6) is 11.5 Å². The van der Waals surface area contributed by atoms with Crippen LogP contribution in [0.3, 0.4) is 0 Å². The summed E-state index contributed by atoms with van der Waals surface area (Å²) in [6, 6.07) is 15.0. The number of methoxy groups -OCH3 is 2. The molecule has 1 saturated heterocycles. The molecule has 3 rings (SSSR count). The Balaban J connectivity index is 1.74. The van der Waals surface area contributed by atoms with Crippen LogP contribution in [0.4, 0.5) is 0 Å². The molecular weight excluding hydrogens is 304 g/mol. The van der Waals surface area contributed by atoms with Crippen LogP contribution in [0.2, 0.25) is 5.02 Å². The first-order valence-electron chi connectivity index (χ1n) is 6.91. The lowest BCUT2D eigenvalue weighted by Gasteiger charge is -2.21. The quantitative estimate of drug-likeness (QED) is 0.596. The van der Waals surface area contributed by atoms with Gasteiger partial charge >= 0.3 is 0 Å². The van der Waals surface area contributed by atoms with Crippen molar-refractivity contribution in [3.63, 3.8) is 0 Å². The molecule has 0 spiro atoms. The molecule has 22 heavy (non-hydrogen) atoms. The summed E-state index contributed by atoms with van der Waals surface area (Å²) in [5.74, 6) is 1.48. The molecule has 0 amide bonds. The van der Waals surface area contributed by atoms with Gasteiger partial charge in [-0.3, -0.25) is 0 Å². The van der Waals surface area contributed by atoms with Gasteiger partial charge < -0.3 is 18.9 Å². The van der Waals surface area contributed by atoms with Gasteiger partial charge in [0.1, 0.15) is 11.5 Å². The molecule has 5 heteroatoms. The zero-order chi connectivity index (χ0) is 15.6. The topological polar surface area (TPSA) is 40.2 Å². The summed E-state index contributed by atoms with van der Waals surface area (Å²) >= 11 is 5.86. The van der Waals surface area contributed by atoms with Crippen molar-refractivity contribution in [1.29, 1.82) is 0 Å². The van der Waals surface area contributed by atoms with Crippen molar-refractivity contribution < 1.29 is 18.9 Å². The summed E-state index contributed by atoms with van der Waals surface area (Å²) in [5.41, 5.74) is 0.493. The van der Waals surface area contributed by atoms with E-state index in [0.29, 0.717) is 11.6 Å². The van der Waals surface area contributed by atoms with Crippen molar-refractivity contribution in [3.05, 3.63) is 59.1 Å². The summed E-state index contributed by atoms with van der Waals surface area (Å²) < 4.78 is 22.0. The van der Waals surface area contributed by atoms with Crippen molar-refractivity contribution in [2.24, 2.45) is 0 Å². The lowest BCUT2D eigenvalue weighted by atomic mass is 9.99. The highest BCUT2D eigenvalue weighted by atomic mass is 35.5. The maximum atomic E-state index is 5.86. The second-order valence-electron chi connectivity index (χ2n) is 5.06. The van der Waals surface area contributed by atoms with Crippen LogP contribution in [-0.4, -0.2) is 27.1 Å². The normalized spacial score (nSPS) is 20.2. The number of benzene rings is 2. The van der Waals surface area contributed by atoms with Crippen LogP contribution in [0, 0.1) is 0 Å². The van der Waals surface area contributed by atoms with E-state index in [4.69, 9.17) is 30.5 Å². The van der Waals surface area contributed by atoms with Crippen LogP contribution in [0.15, 0.2) is 48.5 Å². The van der Waals surface area contributed by atoms with E-state index < -0.39 is 11.9 Å². The minimum Gasteiger partial charge on any atom is -0.457 e. The average molecular weight is 321 g/mol. The number of rotatable bonds is 6. The number of ether oxygens (including phenoxy) is 4. The van der Waals surface area contributed by atoms with Crippen molar-refractivity contribution >= 4 is 11.6 Å². The average Bonchev–Trinajstić information content (AvgIpc) is 3.33. The molecule has 1 atom stereocenters. The highest BCUT2D eigenvalue weighted by molar-refractivity contribution is 6.30. The molecular formula is C17H17ClO4. The van der Waals surface area contributed by atoms with Gasteiger partial charge in [0.15, 0.2) is 11.9 Å². The molecule has 0 radical (unpaired) electrons. The minimum atomic E-state index is -0.512. The first-order valence-corrected chi connectivity index (χ1v) is 7.29. The highest BCUT2D eigenvalue weighted by Crippen LogP contribution is 2.44. The van der Waals surface area contributed by atoms with Crippen molar-refractivity contribution in [3.8, 4) is 11.5 Å². The Hall–Kier alpha value is -1.59. The zero-order valence-corrected chi connectivity index (χ0v) is 13.2. The summed E-state index contributed by atoms with van der Waals surface area (Å²) in [4.78, 5) is 0. The van der Waals surface area contributed by atoms with E-state index in [2.05, 4.69) is 0 Å². The van der Waals surface area contributed by atoms with E-state index in [9.17, 15) is 0 Å². The van der Waals surface area contributed by atoms with E-state index in [1.54, 1.807) is 26.4 Å². The molecule has 1 aliphatic rings. The van der Waals surface area contributed by atoms with Crippen LogP contribution in [-0.2, 0) is 19.8 Å². The van der Waals surface area contributed by atoms with Gasteiger partial charge in [-0.1, -0.05) is 23.7 Å². The first-order chi connectivity index (χ1) is 10.7. The Bertz CT molecular complexity index is 616. The molecule has 0 N–H and O–H groups in total. The second kappa shape index (κ2) is 6.26. The lowest BCUT2D eigenvalue weighted by Crippen LogP contribution is -2.31. The summed E-state index contributed by atoms with van der Waals surface area (Å²) in [7, 11) is 3.21. The van der Waals surface area contributed by atoms with E-state index in [0.717, 1.165) is 17.1 Å². The van der Waals surface area contributed by atoms with Gasteiger partial charge in [0.05, 0.1) is 6.61 Å². The molecule has 116 valence electrons. The first kappa shape index (κ1) is 15.3. The van der Waals surface area contributed by atoms with Crippen LogP contribution >= 0.6 is 11.6 Å². The zero-order valence-electron chi connectivity index (χ0n) is 12.4. The summed E-state index contributed by atoms with van der Waals surface area (Å²) in [6.07, 6.45) is -0.421. The summed E-state index contributed by atoms with van der Waals surface area (Å²) in [6.45, 7) is 0.580. The maximum Gasteiger partial charge on any atom is 0.192 e. The van der Waals surface area contributed by atoms with Gasteiger partial charge in [0.2, 0.25) is 0 Å². The molecule has 0 bridgehead atoms. The van der Waals surface area contributed by atoms with Crippen molar-refractivity contribution in [1.82, 2.24) is 0 Å². The van der Waals surface area contributed by atoms with Gasteiger partial charge in [0.25, 0.3) is 0 Å². The monoisotopic (exact) mass is 320 g/mol. The number of halogens is 1. The third kappa shape index (κ3) is 2.96. The fourth-order valence-electron chi connectivity index (χ4n) is 2.44. The Morgan fingerprint density at radius 3 is 1.91 bits per heavy atom. The fourth-order valence-corrected chi connectivity index (χ4v) is 2.56.